The molecule has 126 valence electrons. The van der Waals surface area contributed by atoms with Crippen LogP contribution in [0, 0.1) is 17.0 Å². The van der Waals surface area contributed by atoms with Gasteiger partial charge in [-0.2, -0.15) is 5.10 Å². The molecule has 1 fully saturated rings. The molecule has 1 aromatic heterocycles. The summed E-state index contributed by atoms with van der Waals surface area (Å²) in [5.41, 5.74) is 1.21. The summed E-state index contributed by atoms with van der Waals surface area (Å²) in [5.74, 6) is -1.76. The van der Waals surface area contributed by atoms with Gasteiger partial charge in [0.15, 0.2) is 11.6 Å². The fraction of sp³-hybridized carbons (Fsp3) is 0.444. The smallest absolute Gasteiger partial charge is 0.239 e. The Morgan fingerprint density at radius 3 is 2.62 bits per heavy atom. The number of benzene rings is 1. The topological polar surface area (TPSA) is 55.2 Å². The minimum absolute atomic E-state index is 0.0142. The van der Waals surface area contributed by atoms with Crippen molar-refractivity contribution in [3.63, 3.8) is 0 Å². The van der Waals surface area contributed by atoms with Gasteiger partial charge in [0.25, 0.3) is 0 Å². The third-order valence-electron chi connectivity index (χ3n) is 5.99. The number of fused-ring (bicyclic) bond motifs is 5. The van der Waals surface area contributed by atoms with Gasteiger partial charge in [-0.15, -0.1) is 5.10 Å². The summed E-state index contributed by atoms with van der Waals surface area (Å²) in [6, 6.07) is 5.24. The molecule has 2 aliphatic carbocycles. The number of hydrogen-bond acceptors (Lipinski definition) is 4. The van der Waals surface area contributed by atoms with E-state index in [0.717, 1.165) is 36.2 Å². The van der Waals surface area contributed by atoms with E-state index in [9.17, 15) is 13.9 Å². The normalized spacial score (nSPS) is 26.5. The van der Waals surface area contributed by atoms with Crippen LogP contribution in [0.5, 0.6) is 11.6 Å². The zero-order valence-corrected chi connectivity index (χ0v) is 13.5. The summed E-state index contributed by atoms with van der Waals surface area (Å²) in [6.45, 7) is 4.26. The van der Waals surface area contributed by atoms with E-state index in [1.807, 2.05) is 0 Å². The Morgan fingerprint density at radius 1 is 1.25 bits per heavy atom. The summed E-state index contributed by atoms with van der Waals surface area (Å²) in [4.78, 5) is 0. The van der Waals surface area contributed by atoms with Crippen molar-refractivity contribution in [2.24, 2.45) is 5.41 Å². The first kappa shape index (κ1) is 15.4. The molecule has 2 aliphatic rings. The second-order valence-corrected chi connectivity index (χ2v) is 7.19. The minimum Gasteiger partial charge on any atom is -0.431 e. The number of aromatic nitrogens is 2. The molecule has 1 saturated carbocycles. The van der Waals surface area contributed by atoms with Gasteiger partial charge in [-0.3, -0.25) is 0 Å². The predicted octanol–water partition coefficient (Wildman–Crippen LogP) is 3.69. The quantitative estimate of drug-likeness (QED) is 0.931. The summed E-state index contributed by atoms with van der Waals surface area (Å²) in [7, 11) is 0. The van der Waals surface area contributed by atoms with Crippen LogP contribution < -0.4 is 4.74 Å². The standard InChI is InChI=1S/C18H18F2N2O2/c1-17(2)11-6-7-18(17,9-23)16-10(11)8-14(21-22-16)24-15-12(19)4-3-5-13(15)20/h3-5,8,11,23H,6-7,9H2,1-2H3. The van der Waals surface area contributed by atoms with Crippen molar-refractivity contribution < 1.29 is 18.6 Å². The lowest BCUT2D eigenvalue weighted by atomic mass is 9.69. The van der Waals surface area contributed by atoms with Gasteiger partial charge in [0.2, 0.25) is 11.6 Å². The van der Waals surface area contributed by atoms with E-state index >= 15 is 0 Å². The molecule has 0 saturated heterocycles. The molecule has 4 nitrogen and oxygen atoms in total. The first-order valence-electron chi connectivity index (χ1n) is 8.01. The molecule has 1 aromatic carbocycles. The van der Waals surface area contributed by atoms with Crippen LogP contribution in [-0.2, 0) is 5.41 Å². The Hall–Kier alpha value is -2.08. The van der Waals surface area contributed by atoms with Gasteiger partial charge in [-0.25, -0.2) is 8.78 Å². The third-order valence-corrected chi connectivity index (χ3v) is 5.99. The van der Waals surface area contributed by atoms with Crippen molar-refractivity contribution >= 4 is 0 Å². The number of nitrogens with zero attached hydrogens (tertiary/aromatic N) is 2. The lowest BCUT2D eigenvalue weighted by molar-refractivity contribution is 0.107. The highest BCUT2D eigenvalue weighted by molar-refractivity contribution is 5.47. The number of hydrogen-bond donors (Lipinski definition) is 1. The van der Waals surface area contributed by atoms with Gasteiger partial charge < -0.3 is 9.84 Å². The number of halogens is 2. The predicted molar refractivity (Wildman–Crippen MR) is 83.0 cm³/mol. The van der Waals surface area contributed by atoms with E-state index < -0.39 is 22.8 Å². The van der Waals surface area contributed by atoms with E-state index in [1.165, 1.54) is 6.07 Å². The van der Waals surface area contributed by atoms with Crippen LogP contribution in [0.25, 0.3) is 0 Å². The molecule has 0 radical (unpaired) electrons. The second-order valence-electron chi connectivity index (χ2n) is 7.19. The molecule has 0 amide bonds. The number of aliphatic hydroxyl groups is 1. The minimum atomic E-state index is -0.786. The van der Waals surface area contributed by atoms with Crippen molar-refractivity contribution in [2.45, 2.75) is 38.0 Å². The average Bonchev–Trinajstić information content (AvgIpc) is 2.92. The van der Waals surface area contributed by atoms with Crippen LogP contribution in [0.4, 0.5) is 8.78 Å². The molecule has 2 bridgehead atoms. The maximum atomic E-state index is 13.8. The highest BCUT2D eigenvalue weighted by atomic mass is 19.1. The van der Waals surface area contributed by atoms with Crippen LogP contribution in [0.2, 0.25) is 0 Å². The fourth-order valence-electron chi connectivity index (χ4n) is 4.49. The van der Waals surface area contributed by atoms with Gasteiger partial charge in [-0.1, -0.05) is 19.9 Å². The van der Waals surface area contributed by atoms with Crippen molar-refractivity contribution in [2.75, 3.05) is 6.61 Å². The van der Waals surface area contributed by atoms with E-state index in [4.69, 9.17) is 4.74 Å². The number of aliphatic hydroxyl groups excluding tert-OH is 1. The summed E-state index contributed by atoms with van der Waals surface area (Å²) in [6.07, 6.45) is 1.81. The average molecular weight is 332 g/mol. The molecule has 6 heteroatoms. The summed E-state index contributed by atoms with van der Waals surface area (Å²) in [5, 5.41) is 18.2. The molecule has 24 heavy (non-hydrogen) atoms. The first-order chi connectivity index (χ1) is 11.4. The van der Waals surface area contributed by atoms with Crippen molar-refractivity contribution in [1.29, 1.82) is 0 Å². The van der Waals surface area contributed by atoms with Crippen molar-refractivity contribution in [3.05, 3.63) is 47.2 Å². The first-order valence-corrected chi connectivity index (χ1v) is 8.01. The Labute approximate surface area is 138 Å². The molecular formula is C18H18F2N2O2. The third kappa shape index (κ3) is 1.80. The zero-order chi connectivity index (χ0) is 17.1. The SMILES string of the molecule is CC1(C)C2CCC1(CO)c1nnc(Oc3c(F)cccc3F)cc12. The molecule has 0 spiro atoms. The lowest BCUT2D eigenvalue weighted by Crippen LogP contribution is -2.39. The van der Waals surface area contributed by atoms with Crippen LogP contribution >= 0.6 is 0 Å². The summed E-state index contributed by atoms with van der Waals surface area (Å²) < 4.78 is 32.8. The molecule has 2 atom stereocenters. The van der Waals surface area contributed by atoms with Crippen LogP contribution in [0.15, 0.2) is 24.3 Å². The monoisotopic (exact) mass is 332 g/mol. The molecule has 2 aromatic rings. The Morgan fingerprint density at radius 2 is 1.96 bits per heavy atom. The highest BCUT2D eigenvalue weighted by Crippen LogP contribution is 2.67. The summed E-state index contributed by atoms with van der Waals surface area (Å²) >= 11 is 0. The van der Waals surface area contributed by atoms with Gasteiger partial charge in [0.1, 0.15) is 0 Å². The highest BCUT2D eigenvalue weighted by Gasteiger charge is 2.63. The maximum Gasteiger partial charge on any atom is 0.239 e. The van der Waals surface area contributed by atoms with Crippen molar-refractivity contribution in [3.8, 4) is 11.6 Å². The molecule has 1 heterocycles. The van der Waals surface area contributed by atoms with Crippen molar-refractivity contribution in [1.82, 2.24) is 10.2 Å². The van der Waals surface area contributed by atoms with Gasteiger partial charge >= 0.3 is 0 Å². The molecule has 2 unspecified atom stereocenters. The maximum absolute atomic E-state index is 13.8. The van der Waals surface area contributed by atoms with E-state index in [-0.39, 0.29) is 23.8 Å². The zero-order valence-electron chi connectivity index (χ0n) is 13.5. The molecule has 0 aliphatic heterocycles. The van der Waals surface area contributed by atoms with Gasteiger partial charge in [0.05, 0.1) is 12.3 Å². The van der Waals surface area contributed by atoms with E-state index in [0.29, 0.717) is 0 Å². The Kier molecular flexibility index (Phi) is 3.19. The van der Waals surface area contributed by atoms with Gasteiger partial charge in [-0.05, 0) is 41.9 Å². The number of rotatable bonds is 3. The fourth-order valence-corrected chi connectivity index (χ4v) is 4.49. The largest absolute Gasteiger partial charge is 0.431 e. The van der Waals surface area contributed by atoms with Crippen LogP contribution in [-0.4, -0.2) is 21.9 Å². The second kappa shape index (κ2) is 4.96. The van der Waals surface area contributed by atoms with E-state index in [1.54, 1.807) is 6.07 Å². The lowest BCUT2D eigenvalue weighted by Gasteiger charge is -2.35. The van der Waals surface area contributed by atoms with E-state index in [2.05, 4.69) is 24.0 Å². The van der Waals surface area contributed by atoms with Crippen LogP contribution in [0.3, 0.4) is 0 Å². The molecular weight excluding hydrogens is 314 g/mol. The Bertz CT molecular complexity index is 804. The molecule has 1 N–H and O–H groups in total. The van der Waals surface area contributed by atoms with Crippen LogP contribution in [0.1, 0.15) is 43.9 Å². The number of ether oxygens (including phenoxy) is 1. The van der Waals surface area contributed by atoms with Gasteiger partial charge in [0, 0.05) is 11.5 Å². The molecule has 4 rings (SSSR count). The Balaban J connectivity index is 1.76. The number of para-hydroxylation sites is 1.